The maximum Gasteiger partial charge on any atom is 2.00 e. The maximum atomic E-state index is 7.06. The van der Waals surface area contributed by atoms with Crippen molar-refractivity contribution < 1.29 is 28.3 Å². The van der Waals surface area contributed by atoms with Crippen LogP contribution in [0.1, 0.15) is 60.1 Å². The fourth-order valence-electron chi connectivity index (χ4n) is 2.12. The fraction of sp³-hybridized carbons (Fsp3) is 0.536. The van der Waals surface area contributed by atoms with E-state index in [1.807, 2.05) is 24.3 Å². The molecule has 2 aromatic heterocycles. The third kappa shape index (κ3) is 15.6. The average molecular weight is 684 g/mol. The van der Waals surface area contributed by atoms with E-state index in [1.54, 1.807) is 12.4 Å². The predicted octanol–water partition coefficient (Wildman–Crippen LogP) is 9.35. The number of halogens is 1. The summed E-state index contributed by atoms with van der Waals surface area (Å²) in [5.74, 6) is 0.450. The van der Waals surface area contributed by atoms with Gasteiger partial charge in [-0.15, -0.1) is 4.98 Å². The second kappa shape index (κ2) is 20.2. The van der Waals surface area contributed by atoms with Crippen molar-refractivity contribution >= 4 is 38.4 Å². The van der Waals surface area contributed by atoms with Crippen molar-refractivity contribution in [3.63, 3.8) is 0 Å². The van der Waals surface area contributed by atoms with Crippen LogP contribution >= 0.6 is 15.9 Å². The Bertz CT molecular complexity index is 1040. The van der Waals surface area contributed by atoms with Crippen LogP contribution in [0.15, 0.2) is 41.3 Å². The van der Waals surface area contributed by atoms with Gasteiger partial charge in [0.15, 0.2) is 16.6 Å². The molecule has 0 amide bonds. The second-order valence-electron chi connectivity index (χ2n) is 11.1. The van der Waals surface area contributed by atoms with Gasteiger partial charge in [0.2, 0.25) is 0 Å². The Kier molecular flexibility index (Phi) is 22.9. The number of hydrogen-bond donors (Lipinski definition) is 0. The van der Waals surface area contributed by atoms with Crippen molar-refractivity contribution in [2.75, 3.05) is 0 Å². The molecule has 0 aliphatic heterocycles. The largest absolute Gasteiger partial charge is 2.00 e. The molecular formula is C28H44BrN5O2Si2Zn. The molecule has 0 aromatic carbocycles. The van der Waals surface area contributed by atoms with Gasteiger partial charge in [-0.2, -0.15) is 0 Å². The molecule has 0 aliphatic rings. The molecule has 2 aromatic rings. The zero-order valence-electron chi connectivity index (χ0n) is 24.5. The number of hydrogen-bond acceptors (Lipinski definition) is 6. The third-order valence-electron chi connectivity index (χ3n) is 6.60. The number of rotatable bonds is 6. The van der Waals surface area contributed by atoms with Crippen LogP contribution < -0.4 is 0 Å². The van der Waals surface area contributed by atoms with Crippen LogP contribution in [-0.2, 0) is 41.5 Å². The minimum absolute atomic E-state index is 0. The monoisotopic (exact) mass is 681 g/mol. The van der Waals surface area contributed by atoms with E-state index in [0.29, 0.717) is 19.0 Å². The van der Waals surface area contributed by atoms with E-state index in [4.69, 9.17) is 39.1 Å². The van der Waals surface area contributed by atoms with Crippen LogP contribution in [0.25, 0.3) is 4.85 Å². The van der Waals surface area contributed by atoms with Crippen LogP contribution in [0.4, 0.5) is 5.82 Å². The molecule has 2 heterocycles. The van der Waals surface area contributed by atoms with Crippen molar-refractivity contribution in [1.82, 2.24) is 9.97 Å². The Labute approximate surface area is 261 Å². The Morgan fingerprint density at radius 1 is 0.795 bits per heavy atom. The van der Waals surface area contributed by atoms with Crippen molar-refractivity contribution in [2.24, 2.45) is 0 Å². The SMILES string of the molecule is C.CC(C)(C)[Si](C)(C)OCc1cccnc1Br.[C-]#N.[C-]#N.[C-]#[N+]c1ncccc1CO[Si](C)(C)C(C)(C)C.[Zn+2]. The quantitative estimate of drug-likeness (QED) is 0.171. The van der Waals surface area contributed by atoms with Crippen LogP contribution in [0.5, 0.6) is 0 Å². The topological polar surface area (TPSA) is 96.2 Å². The number of nitrogens with zero attached hydrogens (tertiary/aromatic N) is 5. The molecule has 39 heavy (non-hydrogen) atoms. The van der Waals surface area contributed by atoms with Gasteiger partial charge in [-0.05, 0) is 64.3 Å². The molecule has 0 saturated heterocycles. The van der Waals surface area contributed by atoms with E-state index in [1.165, 1.54) is 0 Å². The Morgan fingerprint density at radius 3 is 1.51 bits per heavy atom. The predicted molar refractivity (Wildman–Crippen MR) is 163 cm³/mol. The summed E-state index contributed by atoms with van der Waals surface area (Å²) in [5.41, 5.74) is 2.00. The van der Waals surface area contributed by atoms with Crippen molar-refractivity contribution in [1.29, 1.82) is 10.5 Å². The van der Waals surface area contributed by atoms with Crippen LogP contribution in [0.2, 0.25) is 36.3 Å². The van der Waals surface area contributed by atoms with Gasteiger partial charge in [0.1, 0.15) is 10.8 Å². The minimum atomic E-state index is -1.75. The molecule has 210 valence electrons. The molecule has 0 bridgehead atoms. The summed E-state index contributed by atoms with van der Waals surface area (Å²) in [6.45, 7) is 40.0. The minimum Gasteiger partial charge on any atom is -0.512 e. The summed E-state index contributed by atoms with van der Waals surface area (Å²) in [4.78, 5) is 11.6. The smallest absolute Gasteiger partial charge is 0.512 e. The summed E-state index contributed by atoms with van der Waals surface area (Å²) in [7, 11) is -3.41. The van der Waals surface area contributed by atoms with E-state index < -0.39 is 16.6 Å². The zero-order valence-corrected chi connectivity index (χ0v) is 31.1. The van der Waals surface area contributed by atoms with E-state index in [0.717, 1.165) is 15.7 Å². The summed E-state index contributed by atoms with van der Waals surface area (Å²) in [5, 5.41) is 12.9. The number of pyridine rings is 2. The molecular weight excluding hydrogens is 640 g/mol. The van der Waals surface area contributed by atoms with E-state index in [9.17, 15) is 0 Å². The average Bonchev–Trinajstić information content (AvgIpc) is 2.84. The van der Waals surface area contributed by atoms with Crippen LogP contribution in [0.3, 0.4) is 0 Å². The van der Waals surface area contributed by atoms with Gasteiger partial charge < -0.3 is 37.4 Å². The Balaban J connectivity index is -0.000000266. The first-order chi connectivity index (χ1) is 17.0. The molecule has 0 fully saturated rings. The molecule has 0 radical (unpaired) electrons. The van der Waals surface area contributed by atoms with Crippen molar-refractivity contribution in [3.05, 3.63) is 77.0 Å². The first-order valence-electron chi connectivity index (χ1n) is 11.7. The summed E-state index contributed by atoms with van der Waals surface area (Å²) >= 11 is 3.44. The fourth-order valence-corrected chi connectivity index (χ4v) is 4.38. The van der Waals surface area contributed by atoms with Gasteiger partial charge in [-0.3, -0.25) is 0 Å². The molecule has 11 heteroatoms. The molecule has 0 aliphatic carbocycles. The zero-order chi connectivity index (χ0) is 29.5. The van der Waals surface area contributed by atoms with Gasteiger partial charge in [0.05, 0.1) is 13.2 Å². The normalized spacial score (nSPS) is 10.7. The Hall–Kier alpha value is -1.77. The molecule has 2 rings (SSSR count). The molecule has 0 N–H and O–H groups in total. The van der Waals surface area contributed by atoms with E-state index in [2.05, 4.69) is 98.5 Å². The van der Waals surface area contributed by atoms with Gasteiger partial charge >= 0.3 is 19.5 Å². The molecule has 0 spiro atoms. The number of aromatic nitrogens is 2. The standard InChI is InChI=1S/C13H20N2OSi.C12H20BrNOSi.2CN.CH4.Zn/c1-13(2,3)17(5,6)16-10-11-8-7-9-15-12(11)14-4;1-12(2,3)16(4,5)15-9-10-7-6-8-14-11(10)13;2*1-2;;/h7-9H,10H2,1-3,5-6H3;6-8H,9H2,1-5H3;;;1H4;/q;;2*-1;;+2. The molecule has 0 saturated carbocycles. The first-order valence-corrected chi connectivity index (χ1v) is 18.3. The first kappa shape index (κ1) is 44.3. The van der Waals surface area contributed by atoms with Gasteiger partial charge in [-0.1, -0.05) is 67.7 Å². The van der Waals surface area contributed by atoms with E-state index >= 15 is 0 Å². The van der Waals surface area contributed by atoms with E-state index in [-0.39, 0.29) is 37.0 Å². The van der Waals surface area contributed by atoms with Gasteiger partial charge in [0.25, 0.3) is 5.82 Å². The van der Waals surface area contributed by atoms with Crippen molar-refractivity contribution in [3.8, 4) is 0 Å². The molecule has 7 nitrogen and oxygen atoms in total. The van der Waals surface area contributed by atoms with Crippen LogP contribution in [-0.4, -0.2) is 26.6 Å². The second-order valence-corrected chi connectivity index (χ2v) is 21.5. The van der Waals surface area contributed by atoms with Crippen molar-refractivity contribution in [2.45, 2.75) is 98.4 Å². The summed E-state index contributed by atoms with van der Waals surface area (Å²) in [6.07, 6.45) is 3.42. The maximum absolute atomic E-state index is 7.06. The summed E-state index contributed by atoms with van der Waals surface area (Å²) < 4.78 is 13.1. The third-order valence-corrected chi connectivity index (χ3v) is 16.3. The Morgan fingerprint density at radius 2 is 1.15 bits per heavy atom. The van der Waals surface area contributed by atoms with Crippen LogP contribution in [0, 0.1) is 30.2 Å². The molecule has 0 unspecified atom stereocenters. The van der Waals surface area contributed by atoms with Gasteiger partial charge in [-0.25, -0.2) is 4.98 Å². The summed E-state index contributed by atoms with van der Waals surface area (Å²) in [6, 6.07) is 7.74. The van der Waals surface area contributed by atoms with Gasteiger partial charge in [0, 0.05) is 17.3 Å². The molecule has 0 atom stereocenters.